The van der Waals surface area contributed by atoms with E-state index in [1.165, 1.54) is 4.90 Å². The first-order valence-electron chi connectivity index (χ1n) is 11.2. The lowest BCUT2D eigenvalue weighted by molar-refractivity contribution is -0.121. The van der Waals surface area contributed by atoms with Crippen LogP contribution in [0.3, 0.4) is 0 Å². The number of amides is 2. The van der Waals surface area contributed by atoms with E-state index in [0.29, 0.717) is 46.0 Å². The highest BCUT2D eigenvalue weighted by Crippen LogP contribution is 2.34. The van der Waals surface area contributed by atoms with E-state index < -0.39 is 0 Å². The molecule has 2 heterocycles. The van der Waals surface area contributed by atoms with Gasteiger partial charge in [-0.05, 0) is 60.5 Å². The van der Waals surface area contributed by atoms with Crippen LogP contribution in [0.2, 0.25) is 5.02 Å². The number of ketones is 1. The third kappa shape index (κ3) is 6.02. The van der Waals surface area contributed by atoms with Gasteiger partial charge in [-0.1, -0.05) is 25.4 Å². The van der Waals surface area contributed by atoms with Crippen LogP contribution in [0.4, 0.5) is 5.69 Å². The van der Waals surface area contributed by atoms with Crippen LogP contribution in [0.15, 0.2) is 59.0 Å². The molecule has 1 aromatic heterocycles. The molecule has 2 aromatic carbocycles. The van der Waals surface area contributed by atoms with Gasteiger partial charge in [-0.2, -0.15) is 0 Å². The van der Waals surface area contributed by atoms with E-state index in [1.807, 2.05) is 13.8 Å². The number of halogens is 1. The molecule has 1 aliphatic heterocycles. The number of furan rings is 1. The highest BCUT2D eigenvalue weighted by Gasteiger charge is 2.28. The maximum absolute atomic E-state index is 12.7. The van der Waals surface area contributed by atoms with Gasteiger partial charge in [0.05, 0.1) is 12.2 Å². The Morgan fingerprint density at radius 2 is 1.89 bits per heavy atom. The van der Waals surface area contributed by atoms with Gasteiger partial charge in [0.25, 0.3) is 11.8 Å². The summed E-state index contributed by atoms with van der Waals surface area (Å²) >= 11 is 5.87. The third-order valence-electron chi connectivity index (χ3n) is 5.28. The first-order chi connectivity index (χ1) is 16.8. The number of anilines is 1. The van der Waals surface area contributed by atoms with Crippen LogP contribution in [0.1, 0.15) is 40.5 Å². The Balaban J connectivity index is 1.47. The number of hydrogen-bond donors (Lipinski definition) is 1. The Labute approximate surface area is 207 Å². The number of carbonyl (C=O) groups is 3. The molecule has 1 aliphatic rings. The lowest BCUT2D eigenvalue weighted by atomic mass is 10.1. The molecule has 1 N–H and O–H groups in total. The molecule has 9 heteroatoms. The average molecular weight is 497 g/mol. The topological polar surface area (TPSA) is 98.1 Å². The minimum atomic E-state index is -0.313. The molecule has 0 unspecified atom stereocenters. The normalized spacial score (nSPS) is 12.8. The van der Waals surface area contributed by atoms with Crippen LogP contribution in [0.5, 0.6) is 11.5 Å². The van der Waals surface area contributed by atoms with Crippen molar-refractivity contribution in [2.75, 3.05) is 24.7 Å². The van der Waals surface area contributed by atoms with Crippen LogP contribution >= 0.6 is 11.6 Å². The summed E-state index contributed by atoms with van der Waals surface area (Å²) in [7, 11) is 0. The zero-order valence-electron chi connectivity index (χ0n) is 19.4. The molecule has 2 amide bonds. The fraction of sp³-hybridized carbons (Fsp3) is 0.269. The number of benzene rings is 2. The van der Waals surface area contributed by atoms with E-state index in [-0.39, 0.29) is 43.1 Å². The number of Topliss-reactive ketones (excluding diaryl/α,β-unsaturated/α-hetero) is 1. The molecule has 182 valence electrons. The molecule has 0 aliphatic carbocycles. The molecule has 0 fully saturated rings. The van der Waals surface area contributed by atoms with E-state index in [1.54, 1.807) is 54.6 Å². The van der Waals surface area contributed by atoms with Gasteiger partial charge < -0.3 is 19.2 Å². The number of hydrogen-bond acceptors (Lipinski definition) is 6. The highest BCUT2D eigenvalue weighted by atomic mass is 35.5. The summed E-state index contributed by atoms with van der Waals surface area (Å²) in [6.45, 7) is 4.30. The first-order valence-corrected chi connectivity index (χ1v) is 11.5. The standard InChI is InChI=1S/C26H25ClN2O6/c1-16(2)12-28-26(32)24-10-8-20(35-24)13-29-21-11-17(3-9-23(21)34-15-25(29)31)22(30)14-33-19-6-4-18(27)5-7-19/h3-11,16H,12-15H2,1-2H3,(H,28,32). The molecule has 0 spiro atoms. The number of nitrogens with zero attached hydrogens (tertiary/aromatic N) is 1. The lowest BCUT2D eigenvalue weighted by Gasteiger charge is -2.29. The quantitative estimate of drug-likeness (QED) is 0.438. The minimum Gasteiger partial charge on any atom is -0.485 e. The molecule has 4 rings (SSSR count). The van der Waals surface area contributed by atoms with Crippen LogP contribution in [0.25, 0.3) is 0 Å². The molecule has 0 bridgehead atoms. The smallest absolute Gasteiger partial charge is 0.287 e. The third-order valence-corrected chi connectivity index (χ3v) is 5.53. The van der Waals surface area contributed by atoms with Crippen molar-refractivity contribution < 1.29 is 28.3 Å². The zero-order chi connectivity index (χ0) is 24.9. The average Bonchev–Trinajstić information content (AvgIpc) is 3.32. The SMILES string of the molecule is CC(C)CNC(=O)c1ccc(CN2C(=O)COc3ccc(C(=O)COc4ccc(Cl)cc4)cc32)o1. The van der Waals surface area contributed by atoms with E-state index in [2.05, 4.69) is 5.32 Å². The van der Waals surface area contributed by atoms with E-state index in [0.717, 1.165) is 0 Å². The van der Waals surface area contributed by atoms with Crippen LogP contribution in [-0.4, -0.2) is 37.4 Å². The fourth-order valence-corrected chi connectivity index (χ4v) is 3.56. The molecule has 8 nitrogen and oxygen atoms in total. The number of fused-ring (bicyclic) bond motifs is 1. The summed E-state index contributed by atoms with van der Waals surface area (Å²) in [5, 5.41) is 3.37. The molecule has 0 saturated carbocycles. The van der Waals surface area contributed by atoms with E-state index >= 15 is 0 Å². The van der Waals surface area contributed by atoms with Crippen LogP contribution in [-0.2, 0) is 11.3 Å². The maximum atomic E-state index is 12.7. The second-order valence-corrected chi connectivity index (χ2v) is 8.92. The summed E-state index contributed by atoms with van der Waals surface area (Å²) in [6, 6.07) is 14.8. The Morgan fingerprint density at radius 3 is 2.63 bits per heavy atom. The van der Waals surface area contributed by atoms with Gasteiger partial charge in [-0.15, -0.1) is 0 Å². The van der Waals surface area contributed by atoms with Gasteiger partial charge in [0.15, 0.2) is 24.8 Å². The number of ether oxygens (including phenoxy) is 2. The second kappa shape index (κ2) is 10.7. The van der Waals surface area contributed by atoms with Crippen molar-refractivity contribution in [1.29, 1.82) is 0 Å². The van der Waals surface area contributed by atoms with Crippen LogP contribution < -0.4 is 19.7 Å². The first kappa shape index (κ1) is 24.3. The van der Waals surface area contributed by atoms with Crippen molar-refractivity contribution in [3.8, 4) is 11.5 Å². The Bertz CT molecular complexity index is 1230. The molecule has 0 radical (unpaired) electrons. The van der Waals surface area contributed by atoms with Crippen molar-refractivity contribution in [3.05, 3.63) is 76.7 Å². The lowest BCUT2D eigenvalue weighted by Crippen LogP contribution is -2.38. The second-order valence-electron chi connectivity index (χ2n) is 8.49. The van der Waals surface area contributed by atoms with Crippen molar-refractivity contribution in [2.45, 2.75) is 20.4 Å². The van der Waals surface area contributed by atoms with E-state index in [9.17, 15) is 14.4 Å². The van der Waals surface area contributed by atoms with Gasteiger partial charge in [0.1, 0.15) is 17.3 Å². The monoisotopic (exact) mass is 496 g/mol. The molecule has 0 saturated heterocycles. The molecule has 3 aromatic rings. The van der Waals surface area contributed by atoms with Crippen molar-refractivity contribution in [1.82, 2.24) is 5.32 Å². The molecular weight excluding hydrogens is 472 g/mol. The molecule has 0 atom stereocenters. The summed E-state index contributed by atoms with van der Waals surface area (Å²) < 4.78 is 16.8. The predicted molar refractivity (Wildman–Crippen MR) is 130 cm³/mol. The Morgan fingerprint density at radius 1 is 1.11 bits per heavy atom. The number of rotatable bonds is 9. The van der Waals surface area contributed by atoms with Crippen LogP contribution in [0, 0.1) is 5.92 Å². The summed E-state index contributed by atoms with van der Waals surface area (Å²) in [5.74, 6) is 1.04. The highest BCUT2D eigenvalue weighted by molar-refractivity contribution is 6.30. The Hall–Kier alpha value is -3.78. The van der Waals surface area contributed by atoms with Crippen molar-refractivity contribution in [3.63, 3.8) is 0 Å². The van der Waals surface area contributed by atoms with Gasteiger partial charge in [0.2, 0.25) is 0 Å². The van der Waals surface area contributed by atoms with Gasteiger partial charge >= 0.3 is 0 Å². The molecular formula is C26H25ClN2O6. The zero-order valence-corrected chi connectivity index (χ0v) is 20.1. The number of nitrogens with one attached hydrogen (secondary N) is 1. The molecule has 35 heavy (non-hydrogen) atoms. The van der Waals surface area contributed by atoms with E-state index in [4.69, 9.17) is 25.5 Å². The predicted octanol–water partition coefficient (Wildman–Crippen LogP) is 4.51. The summed E-state index contributed by atoms with van der Waals surface area (Å²) in [4.78, 5) is 39.1. The van der Waals surface area contributed by atoms with Gasteiger partial charge in [0, 0.05) is 17.1 Å². The summed E-state index contributed by atoms with van der Waals surface area (Å²) in [5.41, 5.74) is 0.815. The summed E-state index contributed by atoms with van der Waals surface area (Å²) in [6.07, 6.45) is 0. The van der Waals surface area contributed by atoms with Crippen molar-refractivity contribution >= 4 is 34.9 Å². The van der Waals surface area contributed by atoms with Gasteiger partial charge in [-0.3, -0.25) is 19.3 Å². The maximum Gasteiger partial charge on any atom is 0.287 e. The number of carbonyl (C=O) groups excluding carboxylic acids is 3. The Kier molecular flexibility index (Phi) is 7.41. The minimum absolute atomic E-state index is 0.0889. The van der Waals surface area contributed by atoms with Gasteiger partial charge in [-0.25, -0.2) is 0 Å². The fourth-order valence-electron chi connectivity index (χ4n) is 3.44. The largest absolute Gasteiger partial charge is 0.485 e. The van der Waals surface area contributed by atoms with Crippen molar-refractivity contribution in [2.24, 2.45) is 5.92 Å².